The Hall–Kier alpha value is -2.07. The smallest absolute Gasteiger partial charge is 0.123 e. The van der Waals surface area contributed by atoms with Crippen molar-refractivity contribution in [3.63, 3.8) is 0 Å². The van der Waals surface area contributed by atoms with Crippen LogP contribution in [0.15, 0.2) is 42.5 Å². The van der Waals surface area contributed by atoms with Crippen LogP contribution in [-0.4, -0.2) is 12.2 Å². The summed E-state index contributed by atoms with van der Waals surface area (Å²) in [5.41, 5.74) is 1.56. The Bertz CT molecular complexity index is 615. The molecule has 0 aliphatic carbocycles. The van der Waals surface area contributed by atoms with Gasteiger partial charge in [-0.1, -0.05) is 18.2 Å². The molecular weight excluding hydrogens is 269 g/mol. The third-order valence-corrected chi connectivity index (χ3v) is 3.56. The average molecular weight is 289 g/mol. The van der Waals surface area contributed by atoms with E-state index in [0.717, 1.165) is 11.3 Å². The van der Waals surface area contributed by atoms with Crippen molar-refractivity contribution in [3.05, 3.63) is 59.4 Å². The first-order chi connectivity index (χ1) is 10.0. The van der Waals surface area contributed by atoms with Crippen molar-refractivity contribution in [1.29, 1.82) is 0 Å². The van der Waals surface area contributed by atoms with Gasteiger partial charge in [-0.05, 0) is 38.1 Å². The van der Waals surface area contributed by atoms with Crippen LogP contribution in [0.2, 0.25) is 0 Å². The standard InChI is InChI=1S/C17H20FNO2/c1-11(14-6-4-5-7-17(14)21-3)19-12(2)15-10-13(18)8-9-16(15)20/h4-12,19-20H,1-3H3. The highest BCUT2D eigenvalue weighted by atomic mass is 19.1. The molecule has 2 aromatic rings. The van der Waals surface area contributed by atoms with Crippen LogP contribution in [0.1, 0.15) is 37.1 Å². The summed E-state index contributed by atoms with van der Waals surface area (Å²) in [5, 5.41) is 13.2. The van der Waals surface area contributed by atoms with Gasteiger partial charge in [0.25, 0.3) is 0 Å². The Morgan fingerprint density at radius 2 is 1.71 bits per heavy atom. The van der Waals surface area contributed by atoms with Crippen LogP contribution in [0.25, 0.3) is 0 Å². The van der Waals surface area contributed by atoms with Gasteiger partial charge < -0.3 is 15.2 Å². The van der Waals surface area contributed by atoms with E-state index in [0.29, 0.717) is 5.56 Å². The molecule has 0 amide bonds. The Kier molecular flexibility index (Phi) is 4.81. The lowest BCUT2D eigenvalue weighted by Crippen LogP contribution is -2.23. The molecule has 0 fully saturated rings. The molecule has 2 N–H and O–H groups in total. The normalized spacial score (nSPS) is 13.7. The lowest BCUT2D eigenvalue weighted by Gasteiger charge is -2.23. The van der Waals surface area contributed by atoms with Gasteiger partial charge in [0, 0.05) is 23.2 Å². The maximum atomic E-state index is 13.3. The van der Waals surface area contributed by atoms with E-state index in [9.17, 15) is 9.50 Å². The molecule has 3 nitrogen and oxygen atoms in total. The van der Waals surface area contributed by atoms with Crippen LogP contribution in [0.4, 0.5) is 4.39 Å². The number of benzene rings is 2. The Balaban J connectivity index is 2.18. The molecule has 2 unspecified atom stereocenters. The fraction of sp³-hybridized carbons (Fsp3) is 0.294. The first-order valence-electron chi connectivity index (χ1n) is 6.90. The zero-order valence-corrected chi connectivity index (χ0v) is 12.4. The fourth-order valence-corrected chi connectivity index (χ4v) is 2.45. The molecule has 0 aliphatic heterocycles. The lowest BCUT2D eigenvalue weighted by atomic mass is 10.0. The van der Waals surface area contributed by atoms with Crippen LogP contribution in [0.5, 0.6) is 11.5 Å². The number of halogens is 1. The van der Waals surface area contributed by atoms with Gasteiger partial charge in [0.05, 0.1) is 7.11 Å². The summed E-state index contributed by atoms with van der Waals surface area (Å²) in [5.74, 6) is 0.526. The molecule has 21 heavy (non-hydrogen) atoms. The largest absolute Gasteiger partial charge is 0.508 e. The number of phenols is 1. The van der Waals surface area contributed by atoms with E-state index in [1.165, 1.54) is 18.2 Å². The van der Waals surface area contributed by atoms with Gasteiger partial charge in [-0.2, -0.15) is 0 Å². The molecule has 0 spiro atoms. The Labute approximate surface area is 124 Å². The molecule has 112 valence electrons. The van der Waals surface area contributed by atoms with Gasteiger partial charge in [-0.3, -0.25) is 0 Å². The second-order valence-electron chi connectivity index (χ2n) is 5.06. The molecule has 0 saturated heterocycles. The third-order valence-electron chi connectivity index (χ3n) is 3.56. The summed E-state index contributed by atoms with van der Waals surface area (Å²) < 4.78 is 18.7. The predicted molar refractivity (Wildman–Crippen MR) is 81.0 cm³/mol. The van der Waals surface area contributed by atoms with Gasteiger partial charge in [0.15, 0.2) is 0 Å². The quantitative estimate of drug-likeness (QED) is 0.875. The highest BCUT2D eigenvalue weighted by Gasteiger charge is 2.17. The van der Waals surface area contributed by atoms with E-state index in [-0.39, 0.29) is 23.7 Å². The summed E-state index contributed by atoms with van der Waals surface area (Å²) in [4.78, 5) is 0. The number of hydrogen-bond acceptors (Lipinski definition) is 3. The maximum absolute atomic E-state index is 13.3. The molecule has 2 aromatic carbocycles. The van der Waals surface area contributed by atoms with Crippen molar-refractivity contribution in [2.75, 3.05) is 7.11 Å². The van der Waals surface area contributed by atoms with E-state index in [4.69, 9.17) is 4.74 Å². The number of para-hydroxylation sites is 1. The molecular formula is C17H20FNO2. The highest BCUT2D eigenvalue weighted by molar-refractivity contribution is 5.37. The monoisotopic (exact) mass is 289 g/mol. The maximum Gasteiger partial charge on any atom is 0.123 e. The number of aromatic hydroxyl groups is 1. The van der Waals surface area contributed by atoms with E-state index >= 15 is 0 Å². The first kappa shape index (κ1) is 15.3. The molecule has 0 heterocycles. The first-order valence-corrected chi connectivity index (χ1v) is 6.90. The minimum absolute atomic E-state index is 0.00110. The molecule has 0 bridgehead atoms. The molecule has 0 aromatic heterocycles. The fourth-order valence-electron chi connectivity index (χ4n) is 2.45. The van der Waals surface area contributed by atoms with Crippen molar-refractivity contribution in [1.82, 2.24) is 5.32 Å². The summed E-state index contributed by atoms with van der Waals surface area (Å²) in [6, 6.07) is 11.5. The van der Waals surface area contributed by atoms with E-state index in [1.807, 2.05) is 38.1 Å². The van der Waals surface area contributed by atoms with E-state index in [1.54, 1.807) is 7.11 Å². The van der Waals surface area contributed by atoms with Gasteiger partial charge in [0.1, 0.15) is 17.3 Å². The second-order valence-corrected chi connectivity index (χ2v) is 5.06. The number of ether oxygens (including phenoxy) is 1. The van der Waals surface area contributed by atoms with Crippen molar-refractivity contribution in [3.8, 4) is 11.5 Å². The minimum atomic E-state index is -0.360. The second kappa shape index (κ2) is 6.59. The van der Waals surface area contributed by atoms with Gasteiger partial charge in [-0.25, -0.2) is 4.39 Å². The predicted octanol–water partition coefficient (Wildman–Crippen LogP) is 3.95. The molecule has 0 aliphatic rings. The van der Waals surface area contributed by atoms with Gasteiger partial charge in [0.2, 0.25) is 0 Å². The molecule has 2 atom stereocenters. The van der Waals surface area contributed by atoms with Gasteiger partial charge in [-0.15, -0.1) is 0 Å². The number of methoxy groups -OCH3 is 1. The highest BCUT2D eigenvalue weighted by Crippen LogP contribution is 2.29. The minimum Gasteiger partial charge on any atom is -0.508 e. The number of rotatable bonds is 5. The van der Waals surface area contributed by atoms with Crippen molar-refractivity contribution >= 4 is 0 Å². The number of hydrogen-bond donors (Lipinski definition) is 2. The summed E-state index contributed by atoms with van der Waals surface area (Å²) in [7, 11) is 1.63. The topological polar surface area (TPSA) is 41.5 Å². The molecule has 2 rings (SSSR count). The summed E-state index contributed by atoms with van der Waals surface area (Å²) in [6.07, 6.45) is 0. The number of phenolic OH excluding ortho intramolecular Hbond substituents is 1. The van der Waals surface area contributed by atoms with Crippen LogP contribution in [0, 0.1) is 5.82 Å². The van der Waals surface area contributed by atoms with E-state index in [2.05, 4.69) is 5.32 Å². The number of nitrogens with one attached hydrogen (secondary N) is 1. The summed E-state index contributed by atoms with van der Waals surface area (Å²) in [6.45, 7) is 3.89. The van der Waals surface area contributed by atoms with Gasteiger partial charge >= 0.3 is 0 Å². The average Bonchev–Trinajstić information content (AvgIpc) is 2.49. The van der Waals surface area contributed by atoms with Crippen LogP contribution >= 0.6 is 0 Å². The lowest BCUT2D eigenvalue weighted by molar-refractivity contribution is 0.393. The van der Waals surface area contributed by atoms with Crippen molar-refractivity contribution < 1.29 is 14.2 Å². The van der Waals surface area contributed by atoms with Crippen molar-refractivity contribution in [2.45, 2.75) is 25.9 Å². The zero-order chi connectivity index (χ0) is 15.4. The van der Waals surface area contributed by atoms with Crippen LogP contribution < -0.4 is 10.1 Å². The van der Waals surface area contributed by atoms with Crippen molar-refractivity contribution in [2.24, 2.45) is 0 Å². The Morgan fingerprint density at radius 3 is 2.43 bits per heavy atom. The van der Waals surface area contributed by atoms with Crippen LogP contribution in [-0.2, 0) is 0 Å². The molecule has 4 heteroatoms. The Morgan fingerprint density at radius 1 is 1.05 bits per heavy atom. The SMILES string of the molecule is COc1ccccc1C(C)NC(C)c1cc(F)ccc1O. The molecule has 0 radical (unpaired) electrons. The molecule has 0 saturated carbocycles. The third kappa shape index (κ3) is 3.52. The van der Waals surface area contributed by atoms with E-state index < -0.39 is 0 Å². The van der Waals surface area contributed by atoms with Crippen LogP contribution in [0.3, 0.4) is 0 Å². The zero-order valence-electron chi connectivity index (χ0n) is 12.4. The summed E-state index contributed by atoms with van der Waals surface area (Å²) >= 11 is 0.